The first-order valence-corrected chi connectivity index (χ1v) is 13.4. The third-order valence-electron chi connectivity index (χ3n) is 6.52. The van der Waals surface area contributed by atoms with Crippen LogP contribution < -0.4 is 18.8 Å². The number of likely N-dealkylation sites (N-methyl/N-ethyl adjacent to an activating group) is 1. The van der Waals surface area contributed by atoms with Gasteiger partial charge in [-0.05, 0) is 36.9 Å². The lowest BCUT2D eigenvalue weighted by Gasteiger charge is -2.40. The van der Waals surface area contributed by atoms with Crippen molar-refractivity contribution in [3.8, 4) is 5.75 Å². The van der Waals surface area contributed by atoms with Crippen LogP contribution in [0.3, 0.4) is 0 Å². The fourth-order valence-corrected chi connectivity index (χ4v) is 6.59. The number of urea groups is 1. The normalized spacial score (nSPS) is 17.8. The topological polar surface area (TPSA) is 73.4 Å². The molecule has 3 aromatic rings. The molecule has 188 valence electrons. The van der Waals surface area contributed by atoms with E-state index in [9.17, 15) is 13.2 Å². The van der Waals surface area contributed by atoms with Crippen molar-refractivity contribution in [1.29, 1.82) is 0 Å². The van der Waals surface area contributed by atoms with Crippen LogP contribution in [0.5, 0.6) is 5.75 Å². The Morgan fingerprint density at radius 2 is 1.61 bits per heavy atom. The molecule has 2 amide bonds. The summed E-state index contributed by atoms with van der Waals surface area (Å²) in [5.74, 6) is 0.450. The van der Waals surface area contributed by atoms with E-state index in [2.05, 4.69) is 4.90 Å². The van der Waals surface area contributed by atoms with E-state index in [4.69, 9.17) is 16.3 Å². The summed E-state index contributed by atoms with van der Waals surface area (Å²) in [6, 6.07) is 18.5. The molecule has 2 aliphatic heterocycles. The van der Waals surface area contributed by atoms with E-state index in [-0.39, 0.29) is 22.8 Å². The maximum atomic E-state index is 14.2. The van der Waals surface area contributed by atoms with Gasteiger partial charge < -0.3 is 14.5 Å². The fourth-order valence-electron chi connectivity index (χ4n) is 4.62. The van der Waals surface area contributed by atoms with Crippen LogP contribution in [0.25, 0.3) is 0 Å². The van der Waals surface area contributed by atoms with E-state index >= 15 is 0 Å². The molecule has 36 heavy (non-hydrogen) atoms. The van der Waals surface area contributed by atoms with E-state index < -0.39 is 16.1 Å². The number of methoxy groups -OCH3 is 1. The summed E-state index contributed by atoms with van der Waals surface area (Å²) in [4.78, 5) is 19.7. The third kappa shape index (κ3) is 4.38. The molecule has 2 aliphatic rings. The van der Waals surface area contributed by atoms with Crippen molar-refractivity contribution in [1.82, 2.24) is 4.90 Å². The predicted molar refractivity (Wildman–Crippen MR) is 142 cm³/mol. The summed E-state index contributed by atoms with van der Waals surface area (Å²) in [6.07, 6.45) is 0. The maximum Gasteiger partial charge on any atom is 0.343 e. The number of sulfonamides is 1. The minimum absolute atomic E-state index is 0.0785. The molecule has 3 aromatic carbocycles. The minimum atomic E-state index is -4.27. The summed E-state index contributed by atoms with van der Waals surface area (Å²) in [7, 11) is -0.743. The van der Waals surface area contributed by atoms with Crippen molar-refractivity contribution in [2.24, 2.45) is 0 Å². The number of piperazine rings is 1. The van der Waals surface area contributed by atoms with Gasteiger partial charge >= 0.3 is 6.03 Å². The van der Waals surface area contributed by atoms with Gasteiger partial charge in [0.1, 0.15) is 10.6 Å². The van der Waals surface area contributed by atoms with E-state index in [1.165, 1.54) is 12.0 Å². The molecule has 0 bridgehead atoms. The summed E-state index contributed by atoms with van der Waals surface area (Å²) in [5.41, 5.74) is 1.86. The number of hydrogen-bond donors (Lipinski definition) is 0. The maximum absolute atomic E-state index is 14.2. The Labute approximate surface area is 216 Å². The second-order valence-electron chi connectivity index (χ2n) is 8.89. The second-order valence-corrected chi connectivity index (χ2v) is 11.0. The molecule has 0 atom stereocenters. The average Bonchev–Trinajstić information content (AvgIpc) is 2.87. The quantitative estimate of drug-likeness (QED) is 0.489. The number of carbonyl (C=O) groups excluding carboxylic acids is 1. The van der Waals surface area contributed by atoms with Gasteiger partial charge in [0, 0.05) is 37.3 Å². The van der Waals surface area contributed by atoms with Gasteiger partial charge in [0.25, 0.3) is 10.0 Å². The highest BCUT2D eigenvalue weighted by molar-refractivity contribution is 7.94. The van der Waals surface area contributed by atoms with Crippen molar-refractivity contribution in [3.05, 3.63) is 77.3 Å². The zero-order valence-corrected chi connectivity index (χ0v) is 21.7. The Morgan fingerprint density at radius 3 is 2.31 bits per heavy atom. The van der Waals surface area contributed by atoms with Crippen LogP contribution in [-0.4, -0.2) is 59.7 Å². The Hall–Kier alpha value is -3.27. The van der Waals surface area contributed by atoms with E-state index in [1.807, 2.05) is 42.3 Å². The summed E-state index contributed by atoms with van der Waals surface area (Å²) >= 11 is 6.53. The number of hydrogen-bond acceptors (Lipinski definition) is 6. The van der Waals surface area contributed by atoms with Crippen LogP contribution in [0.15, 0.2) is 71.6 Å². The van der Waals surface area contributed by atoms with Crippen molar-refractivity contribution < 1.29 is 17.9 Å². The molecule has 0 spiro atoms. The van der Waals surface area contributed by atoms with Crippen LogP contribution in [0.4, 0.5) is 21.9 Å². The SMILES string of the molecule is COc1cccc(N2C(=O)N(Cc3ccccc3)c3cc(Cl)cc(N4CCN(C)CC4)c3S2(=O)=O)c1. The lowest BCUT2D eigenvalue weighted by Crippen LogP contribution is -2.52. The molecule has 1 fully saturated rings. The van der Waals surface area contributed by atoms with Gasteiger partial charge in [0.2, 0.25) is 0 Å². The summed E-state index contributed by atoms with van der Waals surface area (Å²) in [5, 5.41) is 0.374. The highest BCUT2D eigenvalue weighted by Crippen LogP contribution is 2.45. The van der Waals surface area contributed by atoms with Crippen LogP contribution in [0.2, 0.25) is 5.02 Å². The predicted octanol–water partition coefficient (Wildman–Crippen LogP) is 4.44. The lowest BCUT2D eigenvalue weighted by molar-refractivity contribution is 0.253. The molecule has 1 saturated heterocycles. The van der Waals surface area contributed by atoms with Gasteiger partial charge in [0.15, 0.2) is 0 Å². The number of halogens is 1. The average molecular weight is 527 g/mol. The first-order valence-electron chi connectivity index (χ1n) is 11.6. The van der Waals surface area contributed by atoms with Crippen LogP contribution in [0, 0.1) is 0 Å². The molecule has 10 heteroatoms. The molecule has 2 heterocycles. The highest BCUT2D eigenvalue weighted by Gasteiger charge is 2.45. The Bertz CT molecular complexity index is 1390. The molecule has 0 unspecified atom stereocenters. The molecule has 5 rings (SSSR count). The number of fused-ring (bicyclic) bond motifs is 1. The second kappa shape index (κ2) is 9.65. The van der Waals surface area contributed by atoms with Gasteiger partial charge in [-0.2, -0.15) is 4.31 Å². The summed E-state index contributed by atoms with van der Waals surface area (Å²) < 4.78 is 34.6. The van der Waals surface area contributed by atoms with Gasteiger partial charge in [-0.15, -0.1) is 0 Å². The number of amides is 2. The fraction of sp³-hybridized carbons (Fsp3) is 0.269. The highest BCUT2D eigenvalue weighted by atomic mass is 35.5. The standard InChI is InChI=1S/C26H27ClN4O4S/c1-28-11-13-29(14-12-28)23-15-20(27)16-24-25(23)36(33,34)31(21-9-6-10-22(17-21)35-2)26(32)30(24)18-19-7-4-3-5-8-19/h3-10,15-17H,11-14,18H2,1-2H3. The monoisotopic (exact) mass is 526 g/mol. The van der Waals surface area contributed by atoms with Crippen molar-refractivity contribution in [3.63, 3.8) is 0 Å². The zero-order valence-electron chi connectivity index (χ0n) is 20.1. The smallest absolute Gasteiger partial charge is 0.343 e. The zero-order chi connectivity index (χ0) is 25.4. The van der Waals surface area contributed by atoms with E-state index in [1.54, 1.807) is 36.4 Å². The molecule has 0 radical (unpaired) electrons. The Morgan fingerprint density at radius 1 is 0.917 bits per heavy atom. The Kier molecular flexibility index (Phi) is 6.55. The Balaban J connectivity index is 1.72. The molecule has 0 aromatic heterocycles. The van der Waals surface area contributed by atoms with Crippen LogP contribution >= 0.6 is 11.6 Å². The van der Waals surface area contributed by atoms with Crippen molar-refractivity contribution in [2.75, 3.05) is 54.4 Å². The van der Waals surface area contributed by atoms with Gasteiger partial charge in [-0.25, -0.2) is 13.2 Å². The number of ether oxygens (including phenoxy) is 1. The largest absolute Gasteiger partial charge is 0.497 e. The number of anilines is 3. The molecular formula is C26H27ClN4O4S. The van der Waals surface area contributed by atoms with Crippen LogP contribution in [-0.2, 0) is 16.6 Å². The molecular weight excluding hydrogens is 500 g/mol. The third-order valence-corrected chi connectivity index (χ3v) is 8.52. The first-order chi connectivity index (χ1) is 17.3. The van der Waals surface area contributed by atoms with Gasteiger partial charge in [0.05, 0.1) is 30.7 Å². The molecule has 0 saturated carbocycles. The van der Waals surface area contributed by atoms with Gasteiger partial charge in [-0.1, -0.05) is 48.0 Å². The first kappa shape index (κ1) is 24.4. The van der Waals surface area contributed by atoms with Crippen molar-refractivity contribution >= 4 is 44.7 Å². The number of carbonyl (C=O) groups is 1. The molecule has 0 N–H and O–H groups in total. The summed E-state index contributed by atoms with van der Waals surface area (Å²) in [6.45, 7) is 3.04. The van der Waals surface area contributed by atoms with Crippen LogP contribution in [0.1, 0.15) is 5.56 Å². The lowest BCUT2D eigenvalue weighted by atomic mass is 10.1. The van der Waals surface area contributed by atoms with Crippen molar-refractivity contribution in [2.45, 2.75) is 11.4 Å². The number of rotatable bonds is 5. The van der Waals surface area contributed by atoms with E-state index in [0.29, 0.717) is 29.5 Å². The molecule has 8 nitrogen and oxygen atoms in total. The van der Waals surface area contributed by atoms with Gasteiger partial charge in [-0.3, -0.25) is 4.90 Å². The molecule has 0 aliphatic carbocycles. The number of nitrogens with zero attached hydrogens (tertiary/aromatic N) is 4. The number of benzene rings is 3. The minimum Gasteiger partial charge on any atom is -0.497 e. The van der Waals surface area contributed by atoms with E-state index in [0.717, 1.165) is 23.0 Å².